The summed E-state index contributed by atoms with van der Waals surface area (Å²) < 4.78 is 39.3. The minimum absolute atomic E-state index is 0.0150. The van der Waals surface area contributed by atoms with Crippen LogP contribution in [0.3, 0.4) is 0 Å². The number of thioether (sulfide) groups is 1. The van der Waals surface area contributed by atoms with Crippen LogP contribution in [0.1, 0.15) is 52.4 Å². The van der Waals surface area contributed by atoms with Crippen LogP contribution in [-0.2, 0) is 22.5 Å². The molecule has 0 aliphatic carbocycles. The first-order chi connectivity index (χ1) is 23.6. The summed E-state index contributed by atoms with van der Waals surface area (Å²) in [5, 5.41) is 3.37. The fraction of sp³-hybridized carbons (Fsp3) is 0.400. The first-order valence-electron chi connectivity index (χ1n) is 16.2. The minimum atomic E-state index is -3.79. The molecule has 3 aromatic carbocycles. The van der Waals surface area contributed by atoms with Crippen molar-refractivity contribution in [1.82, 2.24) is 10.7 Å². The normalized spacial score (nSPS) is 14.6. The van der Waals surface area contributed by atoms with E-state index in [1.807, 2.05) is 42.7 Å². The Kier molecular flexibility index (Phi) is 14.0. The number of nitrogens with zero attached hydrogens (tertiary/aromatic N) is 2. The zero-order valence-electron chi connectivity index (χ0n) is 27.9. The van der Waals surface area contributed by atoms with Crippen molar-refractivity contribution in [1.29, 1.82) is 0 Å². The van der Waals surface area contributed by atoms with E-state index in [0.717, 1.165) is 49.2 Å². The van der Waals surface area contributed by atoms with E-state index in [4.69, 9.17) is 4.74 Å². The van der Waals surface area contributed by atoms with Gasteiger partial charge in [-0.05, 0) is 49.4 Å². The van der Waals surface area contributed by atoms with E-state index >= 15 is 0 Å². The highest BCUT2D eigenvalue weighted by Crippen LogP contribution is 2.47. The molecule has 1 aliphatic heterocycles. The fourth-order valence-electron chi connectivity index (χ4n) is 5.94. The van der Waals surface area contributed by atoms with E-state index in [2.05, 4.69) is 32.6 Å². The zero-order valence-corrected chi connectivity index (χ0v) is 31.7. The molecular formula is C35H43IN4O7S2. The predicted octanol–water partition coefficient (Wildman–Crippen LogP) is 7.22. The summed E-state index contributed by atoms with van der Waals surface area (Å²) >= 11 is 2.80. The summed E-state index contributed by atoms with van der Waals surface area (Å²) in [5.41, 5.74) is 3.90. The van der Waals surface area contributed by atoms with E-state index in [0.29, 0.717) is 22.8 Å². The average Bonchev–Trinajstić information content (AvgIpc) is 3.21. The molecule has 2 N–H and O–H groups in total. The van der Waals surface area contributed by atoms with Gasteiger partial charge in [-0.1, -0.05) is 75.9 Å². The van der Waals surface area contributed by atoms with Crippen LogP contribution in [0.5, 0.6) is 5.75 Å². The SMILES string of the molecule is CCCCC1(CCCC)CN(c2ccccc2)c2cc(SC)c(OCC(=O)NN(C(=O)NCC(=O)OI)c3ccccc3)cc2S(=O)(=O)C1. The second-order valence-corrected chi connectivity index (χ2v) is 15.2. The van der Waals surface area contributed by atoms with E-state index in [1.54, 1.807) is 30.3 Å². The Balaban J connectivity index is 1.67. The lowest BCUT2D eigenvalue weighted by Crippen LogP contribution is -2.53. The topological polar surface area (TPSA) is 134 Å². The molecule has 0 unspecified atom stereocenters. The third-order valence-corrected chi connectivity index (χ3v) is 11.6. The number of sulfone groups is 1. The molecule has 0 fully saturated rings. The van der Waals surface area contributed by atoms with Crippen LogP contribution in [0.15, 0.2) is 82.6 Å². The van der Waals surface area contributed by atoms with Gasteiger partial charge in [-0.25, -0.2) is 23.0 Å². The van der Waals surface area contributed by atoms with Gasteiger partial charge in [0.15, 0.2) is 39.4 Å². The summed E-state index contributed by atoms with van der Waals surface area (Å²) in [4.78, 5) is 40.7. The molecular weight excluding hydrogens is 779 g/mol. The molecule has 3 aromatic rings. The molecule has 0 spiro atoms. The summed E-state index contributed by atoms with van der Waals surface area (Å²) in [5.74, 6) is -1.09. The first-order valence-corrected chi connectivity index (χ1v) is 20.0. The lowest BCUT2D eigenvalue weighted by molar-refractivity contribution is -0.130. The number of ether oxygens (including phenoxy) is 1. The smallest absolute Gasteiger partial charge is 0.341 e. The number of hydrogen-bond donors (Lipinski definition) is 2. The van der Waals surface area contributed by atoms with Crippen molar-refractivity contribution in [3.63, 3.8) is 0 Å². The highest BCUT2D eigenvalue weighted by Gasteiger charge is 2.42. The quantitative estimate of drug-likeness (QED) is 0.0983. The number of amides is 3. The molecule has 1 heterocycles. The number of hydrazine groups is 1. The van der Waals surface area contributed by atoms with Crippen LogP contribution in [0.25, 0.3) is 0 Å². The average molecular weight is 823 g/mol. The number of halogens is 1. The van der Waals surface area contributed by atoms with Gasteiger partial charge in [0, 0.05) is 23.7 Å². The van der Waals surface area contributed by atoms with Crippen LogP contribution in [0.4, 0.5) is 21.9 Å². The molecule has 0 saturated heterocycles. The molecule has 0 aromatic heterocycles. The van der Waals surface area contributed by atoms with Gasteiger partial charge < -0.3 is 18.0 Å². The Morgan fingerprint density at radius 3 is 2.20 bits per heavy atom. The summed E-state index contributed by atoms with van der Waals surface area (Å²) in [6.07, 6.45) is 7.25. The maximum atomic E-state index is 14.4. The minimum Gasteiger partial charge on any atom is -0.482 e. The maximum absolute atomic E-state index is 14.4. The predicted molar refractivity (Wildman–Crippen MR) is 201 cm³/mol. The molecule has 3 amide bonds. The molecule has 0 radical (unpaired) electrons. The van der Waals surface area contributed by atoms with Crippen LogP contribution in [0, 0.1) is 5.41 Å². The van der Waals surface area contributed by atoms with Gasteiger partial charge in [0.05, 0.1) is 26.9 Å². The molecule has 4 rings (SSSR count). The third kappa shape index (κ3) is 10.0. The zero-order chi connectivity index (χ0) is 35.4. The van der Waals surface area contributed by atoms with Crippen molar-refractivity contribution in [2.45, 2.75) is 62.2 Å². The van der Waals surface area contributed by atoms with Crippen molar-refractivity contribution in [2.24, 2.45) is 5.41 Å². The van der Waals surface area contributed by atoms with Gasteiger partial charge in [-0.2, -0.15) is 0 Å². The second-order valence-electron chi connectivity index (χ2n) is 12.0. The summed E-state index contributed by atoms with van der Waals surface area (Å²) in [7, 11) is -3.79. The number of para-hydroxylation sites is 2. The van der Waals surface area contributed by atoms with Crippen molar-refractivity contribution < 1.29 is 30.6 Å². The van der Waals surface area contributed by atoms with Crippen molar-refractivity contribution >= 4 is 79.6 Å². The molecule has 0 saturated carbocycles. The summed E-state index contributed by atoms with van der Waals surface area (Å²) in [6.45, 7) is 3.89. The number of rotatable bonds is 14. The lowest BCUT2D eigenvalue weighted by atomic mass is 9.79. The van der Waals surface area contributed by atoms with E-state index in [-0.39, 0.29) is 16.4 Å². The highest BCUT2D eigenvalue weighted by atomic mass is 127. The van der Waals surface area contributed by atoms with E-state index in [9.17, 15) is 22.8 Å². The number of hydrogen-bond acceptors (Lipinski definition) is 9. The Hall–Kier alpha value is -3.50. The van der Waals surface area contributed by atoms with Gasteiger partial charge in [0.2, 0.25) is 0 Å². The highest BCUT2D eigenvalue weighted by molar-refractivity contribution is 14.1. The molecule has 11 nitrogen and oxygen atoms in total. The van der Waals surface area contributed by atoms with Gasteiger partial charge in [0.1, 0.15) is 12.3 Å². The molecule has 1 aliphatic rings. The molecule has 49 heavy (non-hydrogen) atoms. The second kappa shape index (κ2) is 17.9. The maximum Gasteiger partial charge on any atom is 0.341 e. The molecule has 0 atom stereocenters. The molecule has 264 valence electrons. The van der Waals surface area contributed by atoms with Crippen LogP contribution in [0.2, 0.25) is 0 Å². The van der Waals surface area contributed by atoms with E-state index < -0.39 is 46.3 Å². The fourth-order valence-corrected chi connectivity index (χ4v) is 8.76. The lowest BCUT2D eigenvalue weighted by Gasteiger charge is -2.37. The van der Waals surface area contributed by atoms with Crippen LogP contribution >= 0.6 is 34.8 Å². The molecule has 0 bridgehead atoms. The number of urea groups is 1. The number of carbonyl (C=O) groups is 3. The molecule has 14 heteroatoms. The summed E-state index contributed by atoms with van der Waals surface area (Å²) in [6, 6.07) is 20.8. The van der Waals surface area contributed by atoms with Crippen molar-refractivity contribution in [3.8, 4) is 5.75 Å². The van der Waals surface area contributed by atoms with Crippen molar-refractivity contribution in [2.75, 3.05) is 41.6 Å². The standard InChI is InChI=1S/C35H43IN4O7S2/c1-4-6-18-35(19-7-5-2)24-39(26-14-10-8-11-15-26)28-20-30(48-3)29(21-31(28)49(44,45)25-35)46-23-32(41)38-40(27-16-12-9-13-17-27)34(43)37-22-33(42)47-36/h8-17,20-21H,4-7,18-19,22-25H2,1-3H3,(H,37,43)(H,38,41). The number of anilines is 3. The Labute approximate surface area is 307 Å². The first kappa shape index (κ1) is 38.3. The largest absolute Gasteiger partial charge is 0.482 e. The number of nitrogens with one attached hydrogen (secondary N) is 2. The number of carbonyl (C=O) groups excluding carboxylic acids is 3. The Morgan fingerprint density at radius 2 is 1.61 bits per heavy atom. The van der Waals surface area contributed by atoms with Crippen LogP contribution in [-0.4, -0.2) is 58.0 Å². The Morgan fingerprint density at radius 1 is 0.980 bits per heavy atom. The monoisotopic (exact) mass is 822 g/mol. The number of unbranched alkanes of at least 4 members (excludes halogenated alkanes) is 2. The van der Waals surface area contributed by atoms with Gasteiger partial charge in [-0.15, -0.1) is 11.8 Å². The number of benzene rings is 3. The van der Waals surface area contributed by atoms with Gasteiger partial charge >= 0.3 is 12.0 Å². The third-order valence-electron chi connectivity index (χ3n) is 8.33. The number of fused-ring (bicyclic) bond motifs is 1. The van der Waals surface area contributed by atoms with Crippen LogP contribution < -0.4 is 25.4 Å². The van der Waals surface area contributed by atoms with Gasteiger partial charge in [-0.3, -0.25) is 10.2 Å². The Bertz CT molecular complexity index is 1690. The van der Waals surface area contributed by atoms with E-state index in [1.165, 1.54) is 40.8 Å². The van der Waals surface area contributed by atoms with Crippen molar-refractivity contribution in [3.05, 3.63) is 72.8 Å². The van der Waals surface area contributed by atoms with Gasteiger partial charge in [0.25, 0.3) is 5.91 Å².